The Hall–Kier alpha value is -6.81. The average Bonchev–Trinajstić information content (AvgIpc) is 3.19. The van der Waals surface area contributed by atoms with Gasteiger partial charge in [-0.1, -0.05) is 84.9 Å². The molecule has 3 aliphatic rings. The first-order chi connectivity index (χ1) is 25.4. The molecule has 12 heteroatoms. The first kappa shape index (κ1) is 31.2. The second kappa shape index (κ2) is 12.2. The third-order valence-electron chi connectivity index (χ3n) is 9.95. The van der Waals surface area contributed by atoms with Crippen LogP contribution >= 0.6 is 0 Å². The molecule has 0 amide bonds. The van der Waals surface area contributed by atoms with Crippen molar-refractivity contribution in [3.8, 4) is 0 Å². The molecule has 0 saturated carbocycles. The number of aliphatic hydroxyl groups is 1. The van der Waals surface area contributed by atoms with Crippen molar-refractivity contribution in [1.82, 2.24) is 0 Å². The van der Waals surface area contributed by atoms with Gasteiger partial charge in [0.2, 0.25) is 5.78 Å². The van der Waals surface area contributed by atoms with Gasteiger partial charge in [0.25, 0.3) is 6.47 Å². The first-order valence-electron chi connectivity index (χ1n) is 16.7. The highest BCUT2D eigenvalue weighted by Crippen LogP contribution is 2.45. The molecule has 4 N–H and O–H groups in total. The number of benzene rings is 6. The Labute approximate surface area is 297 Å². The van der Waals surface area contributed by atoms with Crippen LogP contribution in [-0.4, -0.2) is 44.4 Å². The van der Waals surface area contributed by atoms with Gasteiger partial charge in [0, 0.05) is 38.6 Å². The molecular formula is C40H28B2N4O6. The molecule has 0 unspecified atom stereocenters. The molecule has 0 fully saturated rings. The molecule has 0 radical (unpaired) electrons. The van der Waals surface area contributed by atoms with E-state index < -0.39 is 13.0 Å². The SMILES string of the molecule is COC(=O)c1ccc(B2N=c3c(=C4C(=O)C(c5ccc6cccc7c6c5NB(c5ccc(COC=O)cc5)N7)=C4O)ccc4cccc(c34)N2)cc1. The van der Waals surface area contributed by atoms with E-state index in [4.69, 9.17) is 14.4 Å². The molecular weight excluding hydrogens is 654 g/mol. The topological polar surface area (TPSA) is 138 Å². The summed E-state index contributed by atoms with van der Waals surface area (Å²) < 4.78 is 9.75. The van der Waals surface area contributed by atoms with Crippen LogP contribution in [0.15, 0.2) is 120 Å². The van der Waals surface area contributed by atoms with E-state index in [0.717, 1.165) is 55.1 Å². The van der Waals surface area contributed by atoms with E-state index in [1.54, 1.807) is 12.1 Å². The summed E-state index contributed by atoms with van der Waals surface area (Å²) in [7, 11) is 1.34. The first-order valence-corrected chi connectivity index (χ1v) is 16.7. The summed E-state index contributed by atoms with van der Waals surface area (Å²) in [4.78, 5) is 42.1. The van der Waals surface area contributed by atoms with Gasteiger partial charge in [-0.25, -0.2) is 4.79 Å². The van der Waals surface area contributed by atoms with Gasteiger partial charge in [0.1, 0.15) is 12.4 Å². The molecule has 6 aromatic rings. The van der Waals surface area contributed by atoms with Crippen LogP contribution in [0, 0.1) is 0 Å². The van der Waals surface area contributed by atoms with Gasteiger partial charge < -0.3 is 35.2 Å². The Morgan fingerprint density at radius 1 is 0.788 bits per heavy atom. The standard InChI is InChI=1S/C40H28B2N4O6/c1-51-40(50)25-10-16-27(17-11-25)42-44-31-7-3-5-24-13-19-29(37(46-42)33(24)31)35-38(48)34(39(35)49)28-18-12-23-4-2-6-30-32(23)36(28)45-41(43-30)26-14-8-22(9-15-26)20-52-21-47/h2-19,21,43-45,48H,20H2,1H3. The summed E-state index contributed by atoms with van der Waals surface area (Å²) in [5.41, 5.74) is 6.58. The maximum atomic E-state index is 14.3. The zero-order chi connectivity index (χ0) is 35.5. The highest BCUT2D eigenvalue weighted by molar-refractivity contribution is 6.80. The highest BCUT2D eigenvalue weighted by atomic mass is 16.5. The monoisotopic (exact) mass is 682 g/mol. The minimum atomic E-state index is -0.504. The number of carbonyl (C=O) groups is 3. The number of hydrogen-bond acceptors (Lipinski definition) is 10. The normalized spacial score (nSPS) is 15.3. The third kappa shape index (κ3) is 4.91. The molecule has 1 aliphatic carbocycles. The van der Waals surface area contributed by atoms with Gasteiger partial charge in [0.05, 0.1) is 29.2 Å². The van der Waals surface area contributed by atoms with E-state index in [1.807, 2.05) is 97.1 Å². The molecule has 0 aromatic heterocycles. The van der Waals surface area contributed by atoms with Gasteiger partial charge in [-0.05, 0) is 51.5 Å². The number of esters is 1. The number of allylic oxidation sites excluding steroid dienone is 2. The molecule has 0 atom stereocenters. The van der Waals surface area contributed by atoms with Crippen LogP contribution in [-0.2, 0) is 25.7 Å². The van der Waals surface area contributed by atoms with Crippen LogP contribution in [0.4, 0.5) is 17.1 Å². The number of methoxy groups -OCH3 is 1. The molecule has 6 aromatic carbocycles. The number of rotatable bonds is 7. The average molecular weight is 682 g/mol. The molecule has 0 saturated heterocycles. The fourth-order valence-electron chi connectivity index (χ4n) is 7.40. The van der Waals surface area contributed by atoms with Crippen LogP contribution in [0.1, 0.15) is 21.5 Å². The Balaban J connectivity index is 1.16. The lowest BCUT2D eigenvalue weighted by atomic mass is 9.65. The largest absolute Gasteiger partial charge is 0.506 e. The summed E-state index contributed by atoms with van der Waals surface area (Å²) in [6.45, 7) is -0.230. The lowest BCUT2D eigenvalue weighted by molar-refractivity contribution is -0.129. The minimum absolute atomic E-state index is 0.0877. The van der Waals surface area contributed by atoms with Crippen LogP contribution in [0.5, 0.6) is 0 Å². The number of nitrogens with one attached hydrogen (secondary N) is 3. The fourth-order valence-corrected chi connectivity index (χ4v) is 7.40. The minimum Gasteiger partial charge on any atom is -0.506 e. The van der Waals surface area contributed by atoms with Gasteiger partial charge in [-0.2, -0.15) is 0 Å². The predicted octanol–water partition coefficient (Wildman–Crippen LogP) is 3.83. The molecule has 0 spiro atoms. The second-order valence-corrected chi connectivity index (χ2v) is 12.8. The van der Waals surface area contributed by atoms with Crippen molar-refractivity contribution in [1.29, 1.82) is 0 Å². The lowest BCUT2D eigenvalue weighted by Gasteiger charge is -2.31. The Morgan fingerprint density at radius 2 is 1.48 bits per heavy atom. The maximum absolute atomic E-state index is 14.3. The number of Topliss-reactive ketones (excluding diaryl/α,β-unsaturated/α-hetero) is 1. The van der Waals surface area contributed by atoms with Crippen LogP contribution in [0.25, 0.3) is 32.7 Å². The van der Waals surface area contributed by atoms with Crippen LogP contribution in [0.3, 0.4) is 0 Å². The summed E-state index contributed by atoms with van der Waals surface area (Å²) in [5, 5.41) is 27.3. The molecule has 9 rings (SSSR count). The Morgan fingerprint density at radius 3 is 2.19 bits per heavy atom. The summed E-state index contributed by atoms with van der Waals surface area (Å²) in [6, 6.07) is 34.3. The number of aliphatic hydroxyl groups excluding tert-OH is 1. The number of anilines is 3. The van der Waals surface area contributed by atoms with Gasteiger partial charge in [-0.15, -0.1) is 0 Å². The third-order valence-corrected chi connectivity index (χ3v) is 9.95. The number of ketones is 1. The van der Waals surface area contributed by atoms with Crippen molar-refractivity contribution in [2.24, 2.45) is 4.90 Å². The predicted molar refractivity (Wildman–Crippen MR) is 203 cm³/mol. The van der Waals surface area contributed by atoms with Gasteiger partial charge >= 0.3 is 19.9 Å². The van der Waals surface area contributed by atoms with Crippen LogP contribution < -0.4 is 37.2 Å². The number of ether oxygens (including phenoxy) is 2. The second-order valence-electron chi connectivity index (χ2n) is 12.8. The molecule has 10 nitrogen and oxygen atoms in total. The van der Waals surface area contributed by atoms with Crippen molar-refractivity contribution in [2.45, 2.75) is 6.61 Å². The Kier molecular flexibility index (Phi) is 7.32. The van der Waals surface area contributed by atoms with E-state index in [1.165, 1.54) is 7.11 Å². The van der Waals surface area contributed by atoms with Crippen LogP contribution in [0.2, 0.25) is 0 Å². The number of hydrogen-bond donors (Lipinski definition) is 4. The molecule has 2 aliphatic heterocycles. The van der Waals surface area contributed by atoms with Crippen molar-refractivity contribution in [3.05, 3.63) is 142 Å². The molecule has 0 bridgehead atoms. The smallest absolute Gasteiger partial charge is 0.427 e. The number of carbonyl (C=O) groups excluding carboxylic acids is 3. The summed E-state index contributed by atoms with van der Waals surface area (Å²) >= 11 is 0. The quantitative estimate of drug-likeness (QED) is 0.113. The fraction of sp³-hybridized carbons (Fsp3) is 0.0500. The summed E-state index contributed by atoms with van der Waals surface area (Å²) in [5.74, 6) is -0.788. The zero-order valence-corrected chi connectivity index (χ0v) is 27.8. The van der Waals surface area contributed by atoms with E-state index in [2.05, 4.69) is 15.7 Å². The Bertz CT molecular complexity index is 2680. The zero-order valence-electron chi connectivity index (χ0n) is 27.8. The number of nitrogens with zero attached hydrogens (tertiary/aromatic N) is 1. The van der Waals surface area contributed by atoms with Crippen molar-refractivity contribution in [2.75, 3.05) is 22.8 Å². The lowest BCUT2D eigenvalue weighted by Crippen LogP contribution is -2.48. The molecule has 250 valence electrons. The molecule has 52 heavy (non-hydrogen) atoms. The highest BCUT2D eigenvalue weighted by Gasteiger charge is 2.39. The summed E-state index contributed by atoms with van der Waals surface area (Å²) in [6.07, 6.45) is 0. The molecule has 2 heterocycles. The maximum Gasteiger partial charge on any atom is 0.427 e. The van der Waals surface area contributed by atoms with Gasteiger partial charge in [-0.3, -0.25) is 9.59 Å². The van der Waals surface area contributed by atoms with E-state index in [9.17, 15) is 19.5 Å². The van der Waals surface area contributed by atoms with Gasteiger partial charge in [0.15, 0.2) is 0 Å². The van der Waals surface area contributed by atoms with Crippen molar-refractivity contribution >= 4 is 92.9 Å². The van der Waals surface area contributed by atoms with E-state index in [-0.39, 0.29) is 36.3 Å². The van der Waals surface area contributed by atoms with E-state index >= 15 is 0 Å². The van der Waals surface area contributed by atoms with Crippen molar-refractivity contribution < 1.29 is 29.0 Å². The van der Waals surface area contributed by atoms with E-state index in [0.29, 0.717) is 28.2 Å². The van der Waals surface area contributed by atoms with Crippen molar-refractivity contribution in [3.63, 3.8) is 0 Å².